The Morgan fingerprint density at radius 3 is 1.06 bits per heavy atom. The topological polar surface area (TPSA) is 233 Å². The number of carbonyl (C=O) groups excluding carboxylic acids is 4. The second-order valence-electron chi connectivity index (χ2n) is 33.9. The van der Waals surface area contributed by atoms with E-state index in [-0.39, 0.29) is 111 Å². The van der Waals surface area contributed by atoms with Gasteiger partial charge in [-0.3, -0.25) is 19.6 Å². The van der Waals surface area contributed by atoms with E-state index in [9.17, 15) is 19.2 Å². The van der Waals surface area contributed by atoms with E-state index >= 15 is 0 Å². The maximum atomic E-state index is 13.1. The zero-order chi connectivity index (χ0) is 71.4. The Morgan fingerprint density at radius 1 is 0.433 bits per heavy atom. The van der Waals surface area contributed by atoms with E-state index in [1.807, 2.05) is 176 Å². The third kappa shape index (κ3) is 17.7. The van der Waals surface area contributed by atoms with Crippen molar-refractivity contribution in [3.8, 4) is 46.7 Å². The fourth-order valence-corrected chi connectivity index (χ4v) is 15.1. The SMILES string of the molecule is C#Cc1ccc2nc(C3CC4(CC4)CN3C(=O)OC(C)(C)C)[nH]c2c1.CC(C)(C)OC(=O)N1CC2(CC2)CC1c1nc2ccc(C#Cc3ccc(-c4cnc([C@@H]5CC6(CC6)CN5C(=O)OC(C)(C)C)[nH]4)cc3)cc2[nH]1.CC(C)(C)OC(=O)N1CC2(CC2)C[C@H]1c1ncc(-c2ccc(I)cc2)[nH]1.S.S.S. The summed E-state index contributed by atoms with van der Waals surface area (Å²) in [5.41, 5.74) is 8.97. The summed E-state index contributed by atoms with van der Waals surface area (Å²) in [6, 6.07) is 27.8. The van der Waals surface area contributed by atoms with Gasteiger partial charge < -0.3 is 38.9 Å². The number of aromatic nitrogens is 8. The number of fused-ring (bicyclic) bond motifs is 2. The first kappa shape index (κ1) is 77.3. The number of nitrogens with one attached hydrogen (secondary N) is 4. The summed E-state index contributed by atoms with van der Waals surface area (Å²) in [5, 5.41) is 0. The van der Waals surface area contributed by atoms with Crippen molar-refractivity contribution in [3.05, 3.63) is 141 Å². The van der Waals surface area contributed by atoms with Crippen LogP contribution in [0, 0.1) is 49.4 Å². The van der Waals surface area contributed by atoms with Gasteiger partial charge in [0, 0.05) is 46.4 Å². The van der Waals surface area contributed by atoms with E-state index in [4.69, 9.17) is 40.3 Å². The lowest BCUT2D eigenvalue weighted by atomic mass is 10.0. The number of carbonyl (C=O) groups is 4. The molecular formula is C80H99IN12O8S3. The largest absolute Gasteiger partial charge is 0.444 e. The van der Waals surface area contributed by atoms with Gasteiger partial charge in [0.15, 0.2) is 0 Å². The van der Waals surface area contributed by atoms with Crippen molar-refractivity contribution in [1.82, 2.24) is 59.5 Å². The minimum atomic E-state index is -0.549. The zero-order valence-corrected chi connectivity index (χ0v) is 66.8. The van der Waals surface area contributed by atoms with E-state index < -0.39 is 22.4 Å². The molecule has 16 rings (SSSR count). The molecule has 4 N–H and O–H groups in total. The van der Waals surface area contributed by atoms with Crippen molar-refractivity contribution < 1.29 is 38.1 Å². The van der Waals surface area contributed by atoms with Gasteiger partial charge in [0.2, 0.25) is 0 Å². The van der Waals surface area contributed by atoms with Crippen LogP contribution in [0.25, 0.3) is 44.6 Å². The highest BCUT2D eigenvalue weighted by Gasteiger charge is 2.59. The number of likely N-dealkylation sites (tertiary alicyclic amines) is 4. The molecule has 0 bridgehead atoms. The Morgan fingerprint density at radius 2 is 0.731 bits per heavy atom. The number of hydrogen-bond acceptors (Lipinski definition) is 12. The smallest absolute Gasteiger partial charge is 0.410 e. The van der Waals surface area contributed by atoms with Crippen LogP contribution in [-0.2, 0) is 18.9 Å². The Labute approximate surface area is 644 Å². The number of imidazole rings is 4. The molecule has 552 valence electrons. The van der Waals surface area contributed by atoms with Gasteiger partial charge >= 0.3 is 24.4 Å². The monoisotopic (exact) mass is 1580 g/mol. The highest BCUT2D eigenvalue weighted by Crippen LogP contribution is 2.62. The molecule has 20 nitrogen and oxygen atoms in total. The molecule has 4 spiro atoms. The van der Waals surface area contributed by atoms with E-state index in [1.54, 1.807) is 0 Å². The molecule has 4 saturated heterocycles. The minimum absolute atomic E-state index is 0. The van der Waals surface area contributed by atoms with Gasteiger partial charge in [0.05, 0.1) is 70.0 Å². The highest BCUT2D eigenvalue weighted by molar-refractivity contribution is 14.1. The number of amides is 4. The van der Waals surface area contributed by atoms with Crippen LogP contribution in [0.1, 0.15) is 224 Å². The molecule has 4 amide bonds. The van der Waals surface area contributed by atoms with E-state index in [2.05, 4.69) is 89.5 Å². The van der Waals surface area contributed by atoms with E-state index in [0.29, 0.717) is 6.54 Å². The lowest BCUT2D eigenvalue weighted by molar-refractivity contribution is 0.0202. The first-order valence-corrected chi connectivity index (χ1v) is 36.7. The lowest BCUT2D eigenvalue weighted by Gasteiger charge is -2.27. The van der Waals surface area contributed by atoms with Gasteiger partial charge in [-0.15, -0.1) is 6.42 Å². The Balaban J connectivity index is 0.000000169. The number of H-pyrrole nitrogens is 4. The van der Waals surface area contributed by atoms with Gasteiger partial charge in [0.1, 0.15) is 45.7 Å². The summed E-state index contributed by atoms with van der Waals surface area (Å²) in [6.07, 6.45) is 21.1. The van der Waals surface area contributed by atoms with Crippen LogP contribution < -0.4 is 0 Å². The van der Waals surface area contributed by atoms with Gasteiger partial charge in [-0.2, -0.15) is 40.5 Å². The van der Waals surface area contributed by atoms with Gasteiger partial charge in [-0.25, -0.2) is 39.1 Å². The molecule has 4 saturated carbocycles. The molecule has 4 atom stereocenters. The molecule has 2 unspecified atom stereocenters. The zero-order valence-electron chi connectivity index (χ0n) is 61.7. The third-order valence-electron chi connectivity index (χ3n) is 20.7. The van der Waals surface area contributed by atoms with Crippen LogP contribution in [0.2, 0.25) is 0 Å². The quantitative estimate of drug-likeness (QED) is 0.0692. The number of benzene rings is 4. The average molecular weight is 1580 g/mol. The van der Waals surface area contributed by atoms with Crippen LogP contribution in [0.5, 0.6) is 0 Å². The third-order valence-corrected chi connectivity index (χ3v) is 21.4. The van der Waals surface area contributed by atoms with Crippen LogP contribution in [-0.4, -0.2) is 132 Å². The molecule has 8 fully saturated rings. The maximum absolute atomic E-state index is 13.1. The number of aromatic amines is 4. The second kappa shape index (κ2) is 28.8. The summed E-state index contributed by atoms with van der Waals surface area (Å²) in [7, 11) is 0. The standard InChI is InChI=1S/C40H46N6O4.C20H24IN3O2.C20H23N3O2.3H2S/c1-37(2,3)49-35(47)45-23-39(15-16-39)20-31(45)33-41-22-30(44-33)27-12-9-25(10-13-27)7-8-26-11-14-28-29(19-26)43-34(42-28)32-21-40(17-18-40)24-46(32)36(48)50-38(4,5)6;1-19(2,3)26-18(25)24-12-20(8-9-20)10-16(24)17-22-11-15(23-17)13-4-6-14(21)7-5-13;1-5-13-6-7-14-15(10-13)22-17(21-14)16-11-20(8-9-20)12-23(16)18(24)25-19(2,3)4;;;/h9-14,19,22,31-32H,15-18,20-21,23-24H2,1-6H3,(H,41,44)(H,42,43);4-7,11,16H,8-10,12H2,1-3H3,(H,22,23);1,6-7,10,16H,8-9,11-12H2,2-4H3,(H,21,22);3*1H2/t31-,32?;16-;;;;/m00..../s1. The fourth-order valence-electron chi connectivity index (χ4n) is 14.8. The van der Waals surface area contributed by atoms with Crippen molar-refractivity contribution in [2.24, 2.45) is 21.7 Å². The van der Waals surface area contributed by atoms with Crippen molar-refractivity contribution in [3.63, 3.8) is 0 Å². The highest BCUT2D eigenvalue weighted by atomic mass is 127. The number of hydrogen-bond donors (Lipinski definition) is 4. The molecule has 104 heavy (non-hydrogen) atoms. The summed E-state index contributed by atoms with van der Waals surface area (Å²) in [6.45, 7) is 25.8. The average Bonchev–Trinajstić information content (AvgIpc) is 1.60. The maximum Gasteiger partial charge on any atom is 0.410 e. The van der Waals surface area contributed by atoms with Gasteiger partial charge in [-0.1, -0.05) is 42.0 Å². The van der Waals surface area contributed by atoms with E-state index in [1.165, 1.54) is 29.3 Å². The summed E-state index contributed by atoms with van der Waals surface area (Å²) in [5.74, 6) is 12.5. The molecular weight excluding hydrogens is 1480 g/mol. The molecule has 8 aromatic rings. The lowest BCUT2D eigenvalue weighted by Crippen LogP contribution is -2.37. The number of halogens is 1. The van der Waals surface area contributed by atoms with Crippen molar-refractivity contribution in [2.75, 3.05) is 26.2 Å². The molecule has 4 aromatic heterocycles. The van der Waals surface area contributed by atoms with Crippen LogP contribution >= 0.6 is 63.1 Å². The minimum Gasteiger partial charge on any atom is -0.444 e. The molecule has 4 aromatic carbocycles. The molecule has 0 radical (unpaired) electrons. The molecule has 8 heterocycles. The fraction of sp³-hybridized carbons (Fsp3) is 0.500. The van der Waals surface area contributed by atoms with E-state index in [0.717, 1.165) is 156 Å². The Bertz CT molecular complexity index is 4620. The first-order valence-electron chi connectivity index (χ1n) is 35.6. The predicted molar refractivity (Wildman–Crippen MR) is 426 cm³/mol. The van der Waals surface area contributed by atoms with Crippen molar-refractivity contribution in [1.29, 1.82) is 0 Å². The van der Waals surface area contributed by atoms with Gasteiger partial charge in [-0.05, 0) is 276 Å². The van der Waals surface area contributed by atoms with Crippen LogP contribution in [0.15, 0.2) is 97.3 Å². The summed E-state index contributed by atoms with van der Waals surface area (Å²) < 4.78 is 24.0. The van der Waals surface area contributed by atoms with Crippen molar-refractivity contribution in [2.45, 2.75) is 207 Å². The number of rotatable bonds is 6. The molecule has 8 aliphatic rings. The second-order valence-corrected chi connectivity index (χ2v) is 35.1. The summed E-state index contributed by atoms with van der Waals surface area (Å²) in [4.78, 5) is 91.8. The van der Waals surface area contributed by atoms with Gasteiger partial charge in [0.25, 0.3) is 0 Å². The normalized spacial score (nSPS) is 21.0. The van der Waals surface area contributed by atoms with Crippen LogP contribution in [0.3, 0.4) is 0 Å². The number of ether oxygens (including phenoxy) is 4. The summed E-state index contributed by atoms with van der Waals surface area (Å²) >= 11 is 2.30. The Kier molecular flexibility index (Phi) is 21.4. The van der Waals surface area contributed by atoms with Crippen LogP contribution in [0.4, 0.5) is 19.2 Å². The molecule has 24 heteroatoms. The first-order chi connectivity index (χ1) is 47.7. The van der Waals surface area contributed by atoms with Crippen molar-refractivity contribution >= 4 is 110 Å². The molecule has 4 aliphatic carbocycles. The number of nitrogens with zero attached hydrogens (tertiary/aromatic N) is 8. The molecule has 4 aliphatic heterocycles. The Hall–Kier alpha value is -7.78. The number of terminal acetylenes is 1. The predicted octanol–water partition coefficient (Wildman–Crippen LogP) is 17.8.